The van der Waals surface area contributed by atoms with Gasteiger partial charge in [0.15, 0.2) is 11.6 Å². The Kier molecular flexibility index (Phi) is 4.97. The first-order chi connectivity index (χ1) is 6.74. The van der Waals surface area contributed by atoms with Gasteiger partial charge < -0.3 is 5.32 Å². The van der Waals surface area contributed by atoms with Gasteiger partial charge in [-0.15, -0.1) is 0 Å². The van der Waals surface area contributed by atoms with E-state index in [2.05, 4.69) is 15.3 Å². The van der Waals surface area contributed by atoms with Crippen molar-refractivity contribution in [3.05, 3.63) is 17.3 Å². The van der Waals surface area contributed by atoms with Crippen molar-refractivity contribution in [2.45, 2.75) is 6.42 Å². The molecule has 1 N–H and O–H groups in total. The number of rotatable bonds is 5. The van der Waals surface area contributed by atoms with E-state index in [1.54, 1.807) is 11.8 Å². The molecule has 1 heterocycles. The molecule has 0 unspecified atom stereocenters. The Hall–Kier alpha value is -0.550. The highest BCUT2D eigenvalue weighted by Crippen LogP contribution is 2.11. The smallest absolute Gasteiger partial charge is 0.224 e. The highest BCUT2D eigenvalue weighted by Gasteiger charge is 2.04. The van der Waals surface area contributed by atoms with Crippen LogP contribution in [0.3, 0.4) is 0 Å². The molecule has 0 bridgehead atoms. The average Bonchev–Trinajstić information content (AvgIpc) is 2.18. The quantitative estimate of drug-likeness (QED) is 0.629. The lowest BCUT2D eigenvalue weighted by molar-refractivity contribution is 0.616. The van der Waals surface area contributed by atoms with Crippen molar-refractivity contribution in [1.82, 2.24) is 9.97 Å². The summed E-state index contributed by atoms with van der Waals surface area (Å²) >= 11 is 7.28. The summed E-state index contributed by atoms with van der Waals surface area (Å²) in [6.07, 6.45) is 4.05. The van der Waals surface area contributed by atoms with Gasteiger partial charge in [0.2, 0.25) is 5.28 Å². The molecule has 0 spiro atoms. The first kappa shape index (κ1) is 11.5. The Bertz CT molecular complexity index is 298. The molecule has 0 aliphatic rings. The van der Waals surface area contributed by atoms with Crippen molar-refractivity contribution < 1.29 is 4.39 Å². The van der Waals surface area contributed by atoms with Gasteiger partial charge in [-0.1, -0.05) is 0 Å². The Morgan fingerprint density at radius 3 is 3.14 bits per heavy atom. The summed E-state index contributed by atoms with van der Waals surface area (Å²) in [6, 6.07) is 0. The highest BCUT2D eigenvalue weighted by molar-refractivity contribution is 7.98. The number of aromatic nitrogens is 2. The lowest BCUT2D eigenvalue weighted by Crippen LogP contribution is -2.06. The predicted octanol–water partition coefficient (Wildman–Crippen LogP) is 2.43. The summed E-state index contributed by atoms with van der Waals surface area (Å²) in [6.45, 7) is 0.686. The van der Waals surface area contributed by atoms with E-state index in [1.807, 2.05) is 6.26 Å². The Morgan fingerprint density at radius 1 is 1.64 bits per heavy atom. The molecule has 78 valence electrons. The first-order valence-corrected chi connectivity index (χ1v) is 5.92. The lowest BCUT2D eigenvalue weighted by atomic mass is 10.4. The number of nitrogens with one attached hydrogen (secondary N) is 1. The Balaban J connectivity index is 2.45. The van der Waals surface area contributed by atoms with Crippen LogP contribution in [0.5, 0.6) is 0 Å². The average molecular weight is 236 g/mol. The van der Waals surface area contributed by atoms with E-state index in [-0.39, 0.29) is 11.1 Å². The maximum Gasteiger partial charge on any atom is 0.224 e. The molecule has 0 radical (unpaired) electrons. The molecule has 0 amide bonds. The molecular weight excluding hydrogens is 225 g/mol. The van der Waals surface area contributed by atoms with E-state index in [1.165, 1.54) is 0 Å². The van der Waals surface area contributed by atoms with E-state index < -0.39 is 5.82 Å². The summed E-state index contributed by atoms with van der Waals surface area (Å²) in [5, 5.41) is 2.92. The van der Waals surface area contributed by atoms with Crippen LogP contribution in [0.4, 0.5) is 10.2 Å². The van der Waals surface area contributed by atoms with Gasteiger partial charge in [0.1, 0.15) is 0 Å². The van der Waals surface area contributed by atoms with Gasteiger partial charge in [-0.05, 0) is 30.0 Å². The van der Waals surface area contributed by atoms with Crippen LogP contribution >= 0.6 is 23.4 Å². The zero-order valence-electron chi connectivity index (χ0n) is 7.76. The van der Waals surface area contributed by atoms with Crippen LogP contribution in [0.25, 0.3) is 0 Å². The van der Waals surface area contributed by atoms with Gasteiger partial charge in [-0.3, -0.25) is 0 Å². The fourth-order valence-corrected chi connectivity index (χ4v) is 1.46. The number of anilines is 1. The summed E-state index contributed by atoms with van der Waals surface area (Å²) in [5.74, 6) is 0.734. The van der Waals surface area contributed by atoms with Gasteiger partial charge in [0, 0.05) is 6.54 Å². The Labute approximate surface area is 91.5 Å². The first-order valence-electron chi connectivity index (χ1n) is 4.15. The minimum atomic E-state index is -0.474. The van der Waals surface area contributed by atoms with E-state index >= 15 is 0 Å². The molecule has 1 rings (SSSR count). The molecule has 1 aromatic rings. The molecule has 0 saturated carbocycles. The summed E-state index contributed by atoms with van der Waals surface area (Å²) < 4.78 is 13.0. The molecule has 6 heteroatoms. The number of thioether (sulfide) groups is 1. The van der Waals surface area contributed by atoms with Gasteiger partial charge >= 0.3 is 0 Å². The minimum absolute atomic E-state index is 0.0544. The van der Waals surface area contributed by atoms with Crippen LogP contribution in [0.1, 0.15) is 6.42 Å². The second-order valence-corrected chi connectivity index (χ2v) is 3.93. The molecule has 0 aromatic carbocycles. The van der Waals surface area contributed by atoms with Crippen molar-refractivity contribution in [2.75, 3.05) is 23.9 Å². The standard InChI is InChI=1S/C8H11ClFN3S/c1-14-4-2-3-11-7-6(10)5-12-8(9)13-7/h5H,2-4H2,1H3,(H,11,12,13). The van der Waals surface area contributed by atoms with Gasteiger partial charge in [0.25, 0.3) is 0 Å². The van der Waals surface area contributed by atoms with Crippen LogP contribution in [0, 0.1) is 5.82 Å². The van der Waals surface area contributed by atoms with E-state index in [4.69, 9.17) is 11.6 Å². The zero-order valence-corrected chi connectivity index (χ0v) is 9.33. The number of hydrogen-bond donors (Lipinski definition) is 1. The van der Waals surface area contributed by atoms with Crippen LogP contribution in [0.2, 0.25) is 5.28 Å². The summed E-state index contributed by atoms with van der Waals surface area (Å²) in [5.41, 5.74) is 0. The maximum atomic E-state index is 13.0. The minimum Gasteiger partial charge on any atom is -0.367 e. The molecule has 0 aliphatic carbocycles. The second kappa shape index (κ2) is 6.03. The third-order valence-corrected chi connectivity index (χ3v) is 2.41. The van der Waals surface area contributed by atoms with E-state index in [9.17, 15) is 4.39 Å². The fraction of sp³-hybridized carbons (Fsp3) is 0.500. The Morgan fingerprint density at radius 2 is 2.43 bits per heavy atom. The lowest BCUT2D eigenvalue weighted by Gasteiger charge is -2.05. The fourth-order valence-electron chi connectivity index (χ4n) is 0.893. The highest BCUT2D eigenvalue weighted by atomic mass is 35.5. The molecule has 1 aromatic heterocycles. The molecule has 0 fully saturated rings. The molecule has 14 heavy (non-hydrogen) atoms. The summed E-state index contributed by atoms with van der Waals surface area (Å²) in [4.78, 5) is 7.25. The van der Waals surface area contributed by atoms with Crippen molar-refractivity contribution >= 4 is 29.2 Å². The monoisotopic (exact) mass is 235 g/mol. The van der Waals surface area contributed by atoms with Gasteiger partial charge in [-0.25, -0.2) is 9.37 Å². The van der Waals surface area contributed by atoms with Gasteiger partial charge in [-0.2, -0.15) is 16.7 Å². The maximum absolute atomic E-state index is 13.0. The van der Waals surface area contributed by atoms with E-state index in [0.29, 0.717) is 6.54 Å². The molecule has 3 nitrogen and oxygen atoms in total. The zero-order chi connectivity index (χ0) is 10.4. The van der Waals surface area contributed by atoms with Crippen molar-refractivity contribution in [3.63, 3.8) is 0 Å². The SMILES string of the molecule is CSCCCNc1nc(Cl)ncc1F. The third kappa shape index (κ3) is 3.67. The molecule has 0 atom stereocenters. The largest absolute Gasteiger partial charge is 0.367 e. The second-order valence-electron chi connectivity index (χ2n) is 2.61. The van der Waals surface area contributed by atoms with Crippen LogP contribution < -0.4 is 5.32 Å². The summed E-state index contributed by atoms with van der Waals surface area (Å²) in [7, 11) is 0. The third-order valence-electron chi connectivity index (χ3n) is 1.53. The molecular formula is C8H11ClFN3S. The van der Waals surface area contributed by atoms with Crippen molar-refractivity contribution in [1.29, 1.82) is 0 Å². The topological polar surface area (TPSA) is 37.8 Å². The normalized spacial score (nSPS) is 10.2. The van der Waals surface area contributed by atoms with Crippen LogP contribution in [-0.4, -0.2) is 28.5 Å². The van der Waals surface area contributed by atoms with Crippen LogP contribution in [-0.2, 0) is 0 Å². The number of halogens is 2. The molecule has 0 aliphatic heterocycles. The van der Waals surface area contributed by atoms with Crippen molar-refractivity contribution in [2.24, 2.45) is 0 Å². The number of nitrogens with zero attached hydrogens (tertiary/aromatic N) is 2. The van der Waals surface area contributed by atoms with Gasteiger partial charge in [0.05, 0.1) is 6.20 Å². The van der Waals surface area contributed by atoms with E-state index in [0.717, 1.165) is 18.4 Å². The number of hydrogen-bond acceptors (Lipinski definition) is 4. The van der Waals surface area contributed by atoms with Crippen LogP contribution in [0.15, 0.2) is 6.20 Å². The van der Waals surface area contributed by atoms with Crippen molar-refractivity contribution in [3.8, 4) is 0 Å². The predicted molar refractivity (Wildman–Crippen MR) is 58.5 cm³/mol. The molecule has 0 saturated heterocycles.